The van der Waals surface area contributed by atoms with E-state index in [1.807, 2.05) is 18.0 Å². The second kappa shape index (κ2) is 9.33. The van der Waals surface area contributed by atoms with Crippen LogP contribution in [0, 0.1) is 5.92 Å². The van der Waals surface area contributed by atoms with E-state index in [1.54, 1.807) is 36.4 Å². The fourth-order valence-electron chi connectivity index (χ4n) is 4.60. The molecule has 0 aromatic heterocycles. The fourth-order valence-corrected chi connectivity index (χ4v) is 4.78. The maximum atomic E-state index is 13.4. The quantitative estimate of drug-likeness (QED) is 0.599. The average molecular weight is 454 g/mol. The number of amides is 3. The molecule has 2 aliphatic rings. The second-order valence-corrected chi connectivity index (χ2v) is 8.96. The van der Waals surface area contributed by atoms with Gasteiger partial charge in [0, 0.05) is 31.7 Å². The van der Waals surface area contributed by atoms with Crippen molar-refractivity contribution in [3.8, 4) is 0 Å². The van der Waals surface area contributed by atoms with Gasteiger partial charge < -0.3 is 9.80 Å². The van der Waals surface area contributed by atoms with Gasteiger partial charge in [0.25, 0.3) is 11.8 Å². The van der Waals surface area contributed by atoms with Crippen LogP contribution in [0.5, 0.6) is 0 Å². The zero-order valence-corrected chi connectivity index (χ0v) is 19.3. The van der Waals surface area contributed by atoms with Gasteiger partial charge in [0.05, 0.1) is 28.4 Å². The molecule has 168 valence electrons. The van der Waals surface area contributed by atoms with Crippen LogP contribution in [-0.2, 0) is 4.79 Å². The largest absolute Gasteiger partial charge is 0.370 e. The Morgan fingerprint density at radius 1 is 1.16 bits per heavy atom. The number of hydrogen-bond donors (Lipinski definition) is 0. The third-order valence-electron chi connectivity index (χ3n) is 6.29. The van der Waals surface area contributed by atoms with Crippen molar-refractivity contribution in [2.75, 3.05) is 36.5 Å². The molecule has 0 spiro atoms. The topological polar surface area (TPSA) is 60.9 Å². The van der Waals surface area contributed by atoms with E-state index in [9.17, 15) is 14.4 Å². The lowest BCUT2D eigenvalue weighted by molar-refractivity contribution is -0.134. The number of imide groups is 1. The predicted molar refractivity (Wildman–Crippen MR) is 127 cm³/mol. The van der Waals surface area contributed by atoms with E-state index in [1.165, 1.54) is 4.90 Å². The summed E-state index contributed by atoms with van der Waals surface area (Å²) in [5, 5.41) is 0.462. The lowest BCUT2D eigenvalue weighted by atomic mass is 9.95. The summed E-state index contributed by atoms with van der Waals surface area (Å²) in [6.45, 7) is 4.16. The number of unbranched alkanes of at least 4 members (excludes halogenated alkanes) is 1. The number of benzene rings is 2. The number of piperidine rings is 1. The fraction of sp³-hybridized carbons (Fsp3) is 0.400. The molecule has 1 fully saturated rings. The number of rotatable bonds is 6. The van der Waals surface area contributed by atoms with Crippen molar-refractivity contribution in [3.63, 3.8) is 0 Å². The van der Waals surface area contributed by atoms with Crippen LogP contribution in [0.4, 0.5) is 11.4 Å². The molecule has 2 aromatic rings. The van der Waals surface area contributed by atoms with E-state index in [0.717, 1.165) is 44.5 Å². The molecule has 2 aromatic carbocycles. The summed E-state index contributed by atoms with van der Waals surface area (Å²) in [4.78, 5) is 44.5. The Morgan fingerprint density at radius 3 is 2.69 bits per heavy atom. The number of anilines is 2. The summed E-state index contributed by atoms with van der Waals surface area (Å²) in [6, 6.07) is 12.1. The number of nitrogens with zero attached hydrogens (tertiary/aromatic N) is 3. The van der Waals surface area contributed by atoms with Crippen molar-refractivity contribution in [2.45, 2.75) is 32.6 Å². The van der Waals surface area contributed by atoms with Crippen molar-refractivity contribution in [1.82, 2.24) is 4.90 Å². The third-order valence-corrected chi connectivity index (χ3v) is 6.53. The molecule has 2 heterocycles. The number of carbonyl (C=O) groups excluding carboxylic acids is 3. The first-order valence-corrected chi connectivity index (χ1v) is 11.6. The molecule has 0 N–H and O–H groups in total. The van der Waals surface area contributed by atoms with E-state index < -0.39 is 0 Å². The number of hydrogen-bond acceptors (Lipinski definition) is 4. The third kappa shape index (κ3) is 4.11. The highest BCUT2D eigenvalue weighted by atomic mass is 35.5. The minimum atomic E-state index is -0.351. The normalized spacial score (nSPS) is 18.2. The standard InChI is InChI=1S/C25H28ClN3O3/c1-3-4-13-27(2)23(30)17-8-7-14-28(16-17)21-12-6-11-20-22(21)25(32)29(24(20)31)19-10-5-9-18(26)15-19/h5-6,9-12,15,17H,3-4,7-8,13-14,16H2,1-2H3/t17-/m1/s1. The first-order valence-electron chi connectivity index (χ1n) is 11.2. The molecule has 0 unspecified atom stereocenters. The maximum absolute atomic E-state index is 13.4. The molecule has 3 amide bonds. The van der Waals surface area contributed by atoms with Crippen molar-refractivity contribution in [1.29, 1.82) is 0 Å². The molecule has 0 radical (unpaired) electrons. The Morgan fingerprint density at radius 2 is 1.94 bits per heavy atom. The molecule has 1 saturated heterocycles. The van der Waals surface area contributed by atoms with Crippen LogP contribution >= 0.6 is 11.6 Å². The van der Waals surface area contributed by atoms with Crippen LogP contribution < -0.4 is 9.80 Å². The summed E-state index contributed by atoms with van der Waals surface area (Å²) in [7, 11) is 1.86. The van der Waals surface area contributed by atoms with Crippen LogP contribution in [0.3, 0.4) is 0 Å². The van der Waals surface area contributed by atoms with Gasteiger partial charge in [0.15, 0.2) is 0 Å². The highest BCUT2D eigenvalue weighted by Gasteiger charge is 2.40. The van der Waals surface area contributed by atoms with Gasteiger partial charge in [-0.1, -0.05) is 37.1 Å². The Bertz CT molecular complexity index is 1050. The maximum Gasteiger partial charge on any atom is 0.268 e. The minimum Gasteiger partial charge on any atom is -0.370 e. The van der Waals surface area contributed by atoms with Gasteiger partial charge in [-0.15, -0.1) is 0 Å². The van der Waals surface area contributed by atoms with Crippen molar-refractivity contribution in [2.24, 2.45) is 5.92 Å². The molecule has 2 aliphatic heterocycles. The lowest BCUT2D eigenvalue weighted by Gasteiger charge is -2.36. The van der Waals surface area contributed by atoms with Gasteiger partial charge in [-0.2, -0.15) is 0 Å². The zero-order valence-electron chi connectivity index (χ0n) is 18.5. The second-order valence-electron chi connectivity index (χ2n) is 8.52. The Labute approximate surface area is 193 Å². The van der Waals surface area contributed by atoms with Crippen LogP contribution in [0.2, 0.25) is 5.02 Å². The van der Waals surface area contributed by atoms with Crippen molar-refractivity contribution in [3.05, 3.63) is 58.6 Å². The zero-order chi connectivity index (χ0) is 22.8. The molecule has 6 nitrogen and oxygen atoms in total. The smallest absolute Gasteiger partial charge is 0.268 e. The van der Waals surface area contributed by atoms with Gasteiger partial charge in [-0.05, 0) is 49.6 Å². The Kier molecular flexibility index (Phi) is 6.51. The van der Waals surface area contributed by atoms with Gasteiger partial charge in [0.1, 0.15) is 0 Å². The van der Waals surface area contributed by atoms with Gasteiger partial charge >= 0.3 is 0 Å². The Hall–Kier alpha value is -2.86. The highest BCUT2D eigenvalue weighted by molar-refractivity contribution is 6.37. The van der Waals surface area contributed by atoms with Crippen LogP contribution in [-0.4, -0.2) is 49.3 Å². The summed E-state index contributed by atoms with van der Waals surface area (Å²) in [5.41, 5.74) is 1.98. The minimum absolute atomic E-state index is 0.113. The molecular formula is C25H28ClN3O3. The van der Waals surface area contributed by atoms with E-state index in [2.05, 4.69) is 11.8 Å². The van der Waals surface area contributed by atoms with Gasteiger partial charge in [-0.3, -0.25) is 14.4 Å². The summed E-state index contributed by atoms with van der Waals surface area (Å²) in [6.07, 6.45) is 3.73. The molecular weight excluding hydrogens is 426 g/mol. The van der Waals surface area contributed by atoms with Crippen molar-refractivity contribution < 1.29 is 14.4 Å². The molecule has 4 rings (SSSR count). The van der Waals surface area contributed by atoms with Crippen LogP contribution in [0.25, 0.3) is 0 Å². The first-order chi connectivity index (χ1) is 15.4. The molecule has 1 atom stereocenters. The summed E-state index contributed by atoms with van der Waals surface area (Å²) in [5.74, 6) is -0.661. The van der Waals surface area contributed by atoms with E-state index in [4.69, 9.17) is 11.6 Å². The number of halogens is 1. The first kappa shape index (κ1) is 22.3. The Balaban J connectivity index is 1.60. The number of carbonyl (C=O) groups is 3. The monoisotopic (exact) mass is 453 g/mol. The lowest BCUT2D eigenvalue weighted by Crippen LogP contribution is -2.44. The van der Waals surface area contributed by atoms with E-state index >= 15 is 0 Å². The highest BCUT2D eigenvalue weighted by Crippen LogP contribution is 2.36. The average Bonchev–Trinajstić information content (AvgIpc) is 3.07. The van der Waals surface area contributed by atoms with Crippen LogP contribution in [0.1, 0.15) is 53.3 Å². The summed E-state index contributed by atoms with van der Waals surface area (Å²) >= 11 is 6.09. The molecule has 7 heteroatoms. The van der Waals surface area contributed by atoms with E-state index in [0.29, 0.717) is 28.4 Å². The molecule has 0 saturated carbocycles. The van der Waals surface area contributed by atoms with Crippen LogP contribution in [0.15, 0.2) is 42.5 Å². The van der Waals surface area contributed by atoms with Gasteiger partial charge in [-0.25, -0.2) is 4.90 Å². The predicted octanol–water partition coefficient (Wildman–Crippen LogP) is 4.62. The molecule has 0 bridgehead atoms. The molecule has 32 heavy (non-hydrogen) atoms. The van der Waals surface area contributed by atoms with Gasteiger partial charge in [0.2, 0.25) is 5.91 Å². The summed E-state index contributed by atoms with van der Waals surface area (Å²) < 4.78 is 0. The van der Waals surface area contributed by atoms with Crippen molar-refractivity contribution >= 4 is 40.7 Å². The molecule has 0 aliphatic carbocycles. The SMILES string of the molecule is CCCCN(C)C(=O)[C@@H]1CCCN(c2cccc3c2C(=O)N(c2cccc(Cl)c2)C3=O)C1. The van der Waals surface area contributed by atoms with E-state index in [-0.39, 0.29) is 23.6 Å². The number of fused-ring (bicyclic) bond motifs is 1.